The Bertz CT molecular complexity index is 257. The monoisotopic (exact) mass is 161 g/mol. The molecule has 2 rings (SSSR count). The normalized spacial score (nSPS) is 28.2. The maximum atomic E-state index is 3.48. The van der Waals surface area contributed by atoms with Crippen LogP contribution in [0.1, 0.15) is 30.5 Å². The van der Waals surface area contributed by atoms with Gasteiger partial charge in [0.25, 0.3) is 0 Å². The number of benzene rings is 1. The van der Waals surface area contributed by atoms with Crippen LogP contribution in [0.2, 0.25) is 0 Å². The lowest BCUT2D eigenvalue weighted by molar-refractivity contribution is 0.288. The molecule has 0 amide bonds. The van der Waals surface area contributed by atoms with Crippen molar-refractivity contribution in [1.29, 1.82) is 0 Å². The Morgan fingerprint density at radius 3 is 2.33 bits per heavy atom. The molecule has 1 fully saturated rings. The first-order chi connectivity index (χ1) is 5.75. The van der Waals surface area contributed by atoms with E-state index in [0.717, 1.165) is 0 Å². The molecular weight excluding hydrogens is 146 g/mol. The Kier molecular flexibility index (Phi) is 1.89. The SMILES string of the molecule is Cc1ccc(C2CC(C)N2)cc1. The molecule has 0 bridgehead atoms. The van der Waals surface area contributed by atoms with Crippen molar-refractivity contribution in [3.8, 4) is 0 Å². The van der Waals surface area contributed by atoms with Gasteiger partial charge in [0.2, 0.25) is 0 Å². The number of hydrogen-bond donors (Lipinski definition) is 1. The predicted octanol–water partition coefficient (Wildman–Crippen LogP) is 2.42. The van der Waals surface area contributed by atoms with E-state index in [4.69, 9.17) is 0 Å². The van der Waals surface area contributed by atoms with E-state index in [0.29, 0.717) is 12.1 Å². The lowest BCUT2D eigenvalue weighted by Crippen LogP contribution is -2.43. The summed E-state index contributed by atoms with van der Waals surface area (Å²) < 4.78 is 0. The van der Waals surface area contributed by atoms with Crippen molar-refractivity contribution < 1.29 is 0 Å². The van der Waals surface area contributed by atoms with Gasteiger partial charge in [-0.15, -0.1) is 0 Å². The van der Waals surface area contributed by atoms with Crippen LogP contribution < -0.4 is 5.32 Å². The van der Waals surface area contributed by atoms with E-state index in [-0.39, 0.29) is 0 Å². The van der Waals surface area contributed by atoms with Gasteiger partial charge in [-0.3, -0.25) is 0 Å². The van der Waals surface area contributed by atoms with Crippen molar-refractivity contribution in [2.75, 3.05) is 0 Å². The summed E-state index contributed by atoms with van der Waals surface area (Å²) in [4.78, 5) is 0. The van der Waals surface area contributed by atoms with Crippen molar-refractivity contribution in [2.24, 2.45) is 0 Å². The summed E-state index contributed by atoms with van der Waals surface area (Å²) in [7, 11) is 0. The van der Waals surface area contributed by atoms with Gasteiger partial charge < -0.3 is 5.32 Å². The first-order valence-corrected chi connectivity index (χ1v) is 4.58. The molecule has 12 heavy (non-hydrogen) atoms. The van der Waals surface area contributed by atoms with Gasteiger partial charge in [0.05, 0.1) is 0 Å². The highest BCUT2D eigenvalue weighted by atomic mass is 15.0. The topological polar surface area (TPSA) is 12.0 Å². The molecule has 0 radical (unpaired) electrons. The molecule has 1 aliphatic rings. The van der Waals surface area contributed by atoms with Crippen molar-refractivity contribution in [3.63, 3.8) is 0 Å². The van der Waals surface area contributed by atoms with Crippen molar-refractivity contribution in [2.45, 2.75) is 32.4 Å². The second-order valence-electron chi connectivity index (χ2n) is 3.77. The second kappa shape index (κ2) is 2.91. The van der Waals surface area contributed by atoms with Gasteiger partial charge in [-0.2, -0.15) is 0 Å². The molecule has 64 valence electrons. The third kappa shape index (κ3) is 1.37. The van der Waals surface area contributed by atoms with Gasteiger partial charge in [0.15, 0.2) is 0 Å². The maximum Gasteiger partial charge on any atom is 0.0337 e. The van der Waals surface area contributed by atoms with Crippen LogP contribution in [-0.2, 0) is 0 Å². The summed E-state index contributed by atoms with van der Waals surface area (Å²) in [6.07, 6.45) is 1.28. The van der Waals surface area contributed by atoms with Gasteiger partial charge in [-0.05, 0) is 25.8 Å². The van der Waals surface area contributed by atoms with E-state index >= 15 is 0 Å². The smallest absolute Gasteiger partial charge is 0.0337 e. The van der Waals surface area contributed by atoms with Crippen LogP contribution >= 0.6 is 0 Å². The number of hydrogen-bond acceptors (Lipinski definition) is 1. The van der Waals surface area contributed by atoms with E-state index in [9.17, 15) is 0 Å². The van der Waals surface area contributed by atoms with E-state index in [1.54, 1.807) is 0 Å². The number of rotatable bonds is 1. The fraction of sp³-hybridized carbons (Fsp3) is 0.455. The molecule has 1 saturated heterocycles. The zero-order valence-corrected chi connectivity index (χ0v) is 7.67. The Morgan fingerprint density at radius 1 is 1.25 bits per heavy atom. The van der Waals surface area contributed by atoms with Crippen LogP contribution in [0.5, 0.6) is 0 Å². The van der Waals surface area contributed by atoms with Gasteiger partial charge in [0.1, 0.15) is 0 Å². The fourth-order valence-electron chi connectivity index (χ4n) is 1.70. The summed E-state index contributed by atoms with van der Waals surface area (Å²) in [5, 5.41) is 3.48. The van der Waals surface area contributed by atoms with Gasteiger partial charge >= 0.3 is 0 Å². The first kappa shape index (κ1) is 7.81. The second-order valence-corrected chi connectivity index (χ2v) is 3.77. The van der Waals surface area contributed by atoms with E-state index in [2.05, 4.69) is 43.4 Å². The molecule has 0 aliphatic carbocycles. The molecular formula is C11H15N. The molecule has 0 saturated carbocycles. The molecule has 1 aromatic rings. The zero-order chi connectivity index (χ0) is 8.55. The lowest BCUT2D eigenvalue weighted by Gasteiger charge is -2.35. The van der Waals surface area contributed by atoms with E-state index in [1.165, 1.54) is 17.5 Å². The van der Waals surface area contributed by atoms with E-state index in [1.807, 2.05) is 0 Å². The third-order valence-corrected chi connectivity index (χ3v) is 2.55. The van der Waals surface area contributed by atoms with Crippen LogP contribution in [0.4, 0.5) is 0 Å². The summed E-state index contributed by atoms with van der Waals surface area (Å²) in [5.74, 6) is 0. The number of nitrogens with one attached hydrogen (secondary N) is 1. The Morgan fingerprint density at radius 2 is 1.83 bits per heavy atom. The highest BCUT2D eigenvalue weighted by molar-refractivity contribution is 5.25. The lowest BCUT2D eigenvalue weighted by atomic mass is 9.91. The van der Waals surface area contributed by atoms with Crippen molar-refractivity contribution in [1.82, 2.24) is 5.32 Å². The van der Waals surface area contributed by atoms with Crippen molar-refractivity contribution in [3.05, 3.63) is 35.4 Å². The largest absolute Gasteiger partial charge is 0.307 e. The molecule has 1 aliphatic heterocycles. The van der Waals surface area contributed by atoms with Crippen LogP contribution in [0.15, 0.2) is 24.3 Å². The van der Waals surface area contributed by atoms with E-state index < -0.39 is 0 Å². The summed E-state index contributed by atoms with van der Waals surface area (Å²) in [6, 6.07) is 10.1. The Balaban J connectivity index is 2.09. The third-order valence-electron chi connectivity index (χ3n) is 2.55. The summed E-state index contributed by atoms with van der Waals surface area (Å²) >= 11 is 0. The highest BCUT2D eigenvalue weighted by Crippen LogP contribution is 2.27. The molecule has 1 heterocycles. The molecule has 0 spiro atoms. The minimum atomic E-state index is 0.612. The average Bonchev–Trinajstić information content (AvgIpc) is 2.01. The minimum Gasteiger partial charge on any atom is -0.307 e. The molecule has 1 heteroatoms. The fourth-order valence-corrected chi connectivity index (χ4v) is 1.70. The maximum absolute atomic E-state index is 3.48. The zero-order valence-electron chi connectivity index (χ0n) is 7.67. The van der Waals surface area contributed by atoms with Crippen LogP contribution in [0, 0.1) is 6.92 Å². The minimum absolute atomic E-state index is 0.612. The standard InChI is InChI=1S/C11H15N/c1-8-3-5-10(6-4-8)11-7-9(2)12-11/h3-6,9,11-12H,7H2,1-2H3. The molecule has 1 nitrogen and oxygen atoms in total. The number of aryl methyl sites for hydroxylation is 1. The van der Waals surface area contributed by atoms with Crippen LogP contribution in [0.25, 0.3) is 0 Å². The molecule has 1 N–H and O–H groups in total. The molecule has 2 unspecified atom stereocenters. The highest BCUT2D eigenvalue weighted by Gasteiger charge is 2.24. The molecule has 1 aromatic carbocycles. The molecule has 2 atom stereocenters. The average molecular weight is 161 g/mol. The van der Waals surface area contributed by atoms with Crippen LogP contribution in [-0.4, -0.2) is 6.04 Å². The van der Waals surface area contributed by atoms with Gasteiger partial charge in [-0.25, -0.2) is 0 Å². The summed E-state index contributed by atoms with van der Waals surface area (Å²) in [5.41, 5.74) is 2.77. The molecule has 0 aromatic heterocycles. The Labute approximate surface area is 73.8 Å². The summed E-state index contributed by atoms with van der Waals surface area (Å²) in [6.45, 7) is 4.35. The van der Waals surface area contributed by atoms with Gasteiger partial charge in [-0.1, -0.05) is 29.8 Å². The van der Waals surface area contributed by atoms with Gasteiger partial charge in [0, 0.05) is 12.1 Å². The quantitative estimate of drug-likeness (QED) is 0.667. The Hall–Kier alpha value is -0.820. The first-order valence-electron chi connectivity index (χ1n) is 4.58. The predicted molar refractivity (Wildman–Crippen MR) is 51.1 cm³/mol. The van der Waals surface area contributed by atoms with Crippen LogP contribution in [0.3, 0.4) is 0 Å². The van der Waals surface area contributed by atoms with Crippen molar-refractivity contribution >= 4 is 0 Å².